The van der Waals surface area contributed by atoms with E-state index in [4.69, 9.17) is 4.84 Å². The topological polar surface area (TPSA) is 70.1 Å². The average Bonchev–Trinajstić information content (AvgIpc) is 3.26. The van der Waals surface area contributed by atoms with E-state index in [0.29, 0.717) is 11.3 Å². The highest BCUT2D eigenvalue weighted by Gasteiger charge is 2.61. The molecule has 0 radical (unpaired) electrons. The van der Waals surface area contributed by atoms with Gasteiger partial charge in [-0.2, -0.15) is 0 Å². The van der Waals surface area contributed by atoms with Gasteiger partial charge in [-0.1, -0.05) is 48.5 Å². The summed E-state index contributed by atoms with van der Waals surface area (Å²) in [5.74, 6) is -2.82. The van der Waals surface area contributed by atoms with Crippen LogP contribution in [-0.2, 0) is 14.4 Å². The second-order valence-corrected chi connectivity index (χ2v) is 7.18. The zero-order chi connectivity index (χ0) is 20.8. The standard InChI is InChI=1S/C23H17FN2O4/c24-16-11-5-6-12-17(16)25-22(28)19-20(15-10-4-7-13-18(15)27)26(30-21(19)23(25)29)14-8-2-1-3-9-14/h1-13,19-21,27H. The third kappa shape index (κ3) is 2.67. The van der Waals surface area contributed by atoms with Gasteiger partial charge in [0.05, 0.1) is 17.4 Å². The first-order valence-corrected chi connectivity index (χ1v) is 9.49. The first-order valence-electron chi connectivity index (χ1n) is 9.49. The number of aromatic hydroxyl groups is 1. The highest BCUT2D eigenvalue weighted by atomic mass is 19.1. The Kier molecular flexibility index (Phi) is 4.25. The van der Waals surface area contributed by atoms with Crippen LogP contribution in [0.4, 0.5) is 15.8 Å². The zero-order valence-electron chi connectivity index (χ0n) is 15.7. The van der Waals surface area contributed by atoms with Crippen molar-refractivity contribution < 1.29 is 23.9 Å². The maximum atomic E-state index is 14.4. The number of anilines is 2. The van der Waals surface area contributed by atoms with Crippen molar-refractivity contribution >= 4 is 23.2 Å². The summed E-state index contributed by atoms with van der Waals surface area (Å²) in [6.07, 6.45) is -1.12. The second kappa shape index (κ2) is 6.96. The number of hydrogen-bond acceptors (Lipinski definition) is 5. The van der Waals surface area contributed by atoms with Crippen LogP contribution in [0.2, 0.25) is 0 Å². The van der Waals surface area contributed by atoms with Gasteiger partial charge < -0.3 is 5.11 Å². The summed E-state index contributed by atoms with van der Waals surface area (Å²) in [6.45, 7) is 0. The number of hydrogen-bond donors (Lipinski definition) is 1. The quantitative estimate of drug-likeness (QED) is 0.676. The van der Waals surface area contributed by atoms with Gasteiger partial charge in [0.1, 0.15) is 17.5 Å². The summed E-state index contributed by atoms with van der Waals surface area (Å²) in [6, 6.07) is 20.5. The number of phenolic OH excluding ortho intramolecular Hbond substituents is 1. The Labute approximate surface area is 171 Å². The minimum absolute atomic E-state index is 0.0164. The van der Waals surface area contributed by atoms with Crippen molar-refractivity contribution in [3.63, 3.8) is 0 Å². The fraction of sp³-hybridized carbons (Fsp3) is 0.130. The summed E-state index contributed by atoms with van der Waals surface area (Å²) >= 11 is 0. The van der Waals surface area contributed by atoms with Crippen molar-refractivity contribution in [3.8, 4) is 5.75 Å². The van der Waals surface area contributed by atoms with Gasteiger partial charge in [0.25, 0.3) is 5.91 Å². The molecule has 2 amide bonds. The molecule has 2 aliphatic rings. The van der Waals surface area contributed by atoms with Crippen LogP contribution in [0.25, 0.3) is 0 Å². The molecule has 3 aromatic carbocycles. The number of hydroxylamine groups is 1. The predicted octanol–water partition coefficient (Wildman–Crippen LogP) is 3.58. The molecule has 1 N–H and O–H groups in total. The third-order valence-electron chi connectivity index (χ3n) is 5.47. The number of halogens is 1. The molecule has 2 aliphatic heterocycles. The van der Waals surface area contributed by atoms with Crippen LogP contribution in [0.5, 0.6) is 5.75 Å². The van der Waals surface area contributed by atoms with Crippen molar-refractivity contribution in [2.75, 3.05) is 9.96 Å². The summed E-state index contributed by atoms with van der Waals surface area (Å²) in [5.41, 5.74) is 0.983. The van der Waals surface area contributed by atoms with Gasteiger partial charge in [0.2, 0.25) is 5.91 Å². The molecule has 6 nitrogen and oxygen atoms in total. The monoisotopic (exact) mass is 404 g/mol. The summed E-state index contributed by atoms with van der Waals surface area (Å²) < 4.78 is 14.4. The van der Waals surface area contributed by atoms with E-state index in [2.05, 4.69) is 0 Å². The van der Waals surface area contributed by atoms with Gasteiger partial charge in [-0.25, -0.2) is 14.4 Å². The van der Waals surface area contributed by atoms with E-state index < -0.39 is 35.7 Å². The van der Waals surface area contributed by atoms with Crippen molar-refractivity contribution in [1.29, 1.82) is 0 Å². The average molecular weight is 404 g/mol. The molecule has 7 heteroatoms. The molecule has 30 heavy (non-hydrogen) atoms. The first-order chi connectivity index (χ1) is 14.6. The third-order valence-corrected chi connectivity index (χ3v) is 5.47. The van der Waals surface area contributed by atoms with Gasteiger partial charge in [0, 0.05) is 5.56 Å². The lowest BCUT2D eigenvalue weighted by Crippen LogP contribution is -2.37. The predicted molar refractivity (Wildman–Crippen MR) is 107 cm³/mol. The minimum Gasteiger partial charge on any atom is -0.508 e. The number of phenols is 1. The van der Waals surface area contributed by atoms with Crippen molar-refractivity contribution in [3.05, 3.63) is 90.2 Å². The summed E-state index contributed by atoms with van der Waals surface area (Å²) in [4.78, 5) is 33.3. The van der Waals surface area contributed by atoms with E-state index in [1.54, 1.807) is 36.4 Å². The molecule has 0 aromatic heterocycles. The number of imide groups is 1. The molecule has 2 saturated heterocycles. The lowest BCUT2D eigenvalue weighted by molar-refractivity contribution is -0.126. The van der Waals surface area contributed by atoms with Gasteiger partial charge in [-0.3, -0.25) is 14.4 Å². The number of carbonyl (C=O) groups is 2. The number of benzene rings is 3. The zero-order valence-corrected chi connectivity index (χ0v) is 15.7. The first kappa shape index (κ1) is 18.3. The summed E-state index contributed by atoms with van der Waals surface area (Å²) in [5, 5.41) is 12.0. The van der Waals surface area contributed by atoms with Crippen molar-refractivity contribution in [2.45, 2.75) is 12.1 Å². The summed E-state index contributed by atoms with van der Waals surface area (Å²) in [7, 11) is 0. The van der Waals surface area contributed by atoms with E-state index >= 15 is 0 Å². The van der Waals surface area contributed by atoms with E-state index in [1.807, 2.05) is 18.2 Å². The number of para-hydroxylation sites is 3. The molecule has 3 atom stereocenters. The molecule has 2 heterocycles. The Hall–Kier alpha value is -3.71. The molecule has 0 spiro atoms. The van der Waals surface area contributed by atoms with Crippen LogP contribution >= 0.6 is 0 Å². The fourth-order valence-electron chi connectivity index (χ4n) is 4.14. The lowest BCUT2D eigenvalue weighted by Gasteiger charge is -2.29. The second-order valence-electron chi connectivity index (χ2n) is 7.18. The Balaban J connectivity index is 1.62. The molecular formula is C23H17FN2O4. The maximum absolute atomic E-state index is 14.4. The largest absolute Gasteiger partial charge is 0.508 e. The number of rotatable bonds is 3. The Morgan fingerprint density at radius 2 is 1.50 bits per heavy atom. The van der Waals surface area contributed by atoms with Crippen molar-refractivity contribution in [2.24, 2.45) is 5.92 Å². The highest BCUT2D eigenvalue weighted by Crippen LogP contribution is 2.49. The number of nitrogens with zero attached hydrogens (tertiary/aromatic N) is 2. The molecule has 0 aliphatic carbocycles. The van der Waals surface area contributed by atoms with Crippen LogP contribution in [0.3, 0.4) is 0 Å². The van der Waals surface area contributed by atoms with E-state index in [9.17, 15) is 19.1 Å². The molecule has 0 bridgehead atoms. The molecule has 3 unspecified atom stereocenters. The Morgan fingerprint density at radius 3 is 2.23 bits per heavy atom. The number of fused-ring (bicyclic) bond motifs is 1. The smallest absolute Gasteiger partial charge is 0.266 e. The Morgan fingerprint density at radius 1 is 0.833 bits per heavy atom. The van der Waals surface area contributed by atoms with Gasteiger partial charge in [-0.15, -0.1) is 0 Å². The molecule has 2 fully saturated rings. The number of amides is 2. The van der Waals surface area contributed by atoms with Crippen LogP contribution in [0.1, 0.15) is 11.6 Å². The van der Waals surface area contributed by atoms with Gasteiger partial charge >= 0.3 is 0 Å². The van der Waals surface area contributed by atoms with E-state index in [-0.39, 0.29) is 11.4 Å². The van der Waals surface area contributed by atoms with Crippen molar-refractivity contribution in [1.82, 2.24) is 0 Å². The fourth-order valence-corrected chi connectivity index (χ4v) is 4.14. The molecule has 150 valence electrons. The highest BCUT2D eigenvalue weighted by molar-refractivity contribution is 6.24. The van der Waals surface area contributed by atoms with Crippen LogP contribution in [0, 0.1) is 11.7 Å². The molecule has 3 aromatic rings. The van der Waals surface area contributed by atoms with Crippen LogP contribution in [-0.4, -0.2) is 23.0 Å². The SMILES string of the molecule is O=C1C2ON(c3ccccc3)C(c3ccccc3O)C2C(=O)N1c1ccccc1F. The van der Waals surface area contributed by atoms with Crippen LogP contribution in [0.15, 0.2) is 78.9 Å². The van der Waals surface area contributed by atoms with E-state index in [1.165, 1.54) is 29.3 Å². The lowest BCUT2D eigenvalue weighted by atomic mass is 9.90. The van der Waals surface area contributed by atoms with Gasteiger partial charge in [-0.05, 0) is 30.3 Å². The molecule has 0 saturated carbocycles. The van der Waals surface area contributed by atoms with E-state index in [0.717, 1.165) is 4.90 Å². The Bertz CT molecular complexity index is 1140. The maximum Gasteiger partial charge on any atom is 0.266 e. The normalized spacial score (nSPS) is 23.2. The molecular weight excluding hydrogens is 387 g/mol. The van der Waals surface area contributed by atoms with Gasteiger partial charge in [0.15, 0.2) is 6.10 Å². The van der Waals surface area contributed by atoms with Crippen LogP contribution < -0.4 is 9.96 Å². The number of carbonyl (C=O) groups excluding carboxylic acids is 2. The minimum atomic E-state index is -1.12. The molecule has 5 rings (SSSR count).